The minimum Gasteiger partial charge on any atom is -0.232 e. The van der Waals surface area contributed by atoms with Crippen LogP contribution in [0.3, 0.4) is 0 Å². The number of fused-ring (bicyclic) bond motifs is 1. The van der Waals surface area contributed by atoms with Gasteiger partial charge >= 0.3 is 0 Å². The van der Waals surface area contributed by atoms with Crippen LogP contribution in [0.4, 0.5) is 0 Å². The molecular weight excluding hydrogens is 295 g/mol. The molecule has 0 atom stereocenters. The topological polar surface area (TPSA) is 59.9 Å². The first-order valence-electron chi connectivity index (χ1n) is 5.21. The van der Waals surface area contributed by atoms with Gasteiger partial charge in [-0.2, -0.15) is 0 Å². The third-order valence-corrected chi connectivity index (χ3v) is 3.50. The molecule has 0 fully saturated rings. The maximum Gasteiger partial charge on any atom is 0.195 e. The van der Waals surface area contributed by atoms with Gasteiger partial charge in [-0.3, -0.25) is 0 Å². The molecule has 4 nitrogen and oxygen atoms in total. The van der Waals surface area contributed by atoms with Crippen molar-refractivity contribution < 1.29 is 8.42 Å². The van der Waals surface area contributed by atoms with Gasteiger partial charge < -0.3 is 0 Å². The minimum atomic E-state index is -3.49. The average molecular weight is 307 g/mol. The van der Waals surface area contributed by atoms with E-state index in [0.717, 1.165) is 6.26 Å². The number of halogens is 2. The zero-order valence-corrected chi connectivity index (χ0v) is 12.4. The molecule has 0 aliphatic heterocycles. The van der Waals surface area contributed by atoms with Crippen LogP contribution in [0.5, 0.6) is 0 Å². The molecule has 0 bridgehead atoms. The van der Waals surface area contributed by atoms with E-state index in [4.69, 9.17) is 23.2 Å². The van der Waals surface area contributed by atoms with Gasteiger partial charge in [0, 0.05) is 11.3 Å². The van der Waals surface area contributed by atoms with Crippen molar-refractivity contribution in [3.63, 3.8) is 0 Å². The Morgan fingerprint density at radius 2 is 1.67 bits per heavy atom. The zero-order chi connectivity index (χ0) is 13.9. The number of nitrogens with zero attached hydrogens (tertiary/aromatic N) is 2. The molecule has 0 aliphatic carbocycles. The summed E-state index contributed by atoms with van der Waals surface area (Å²) in [5.74, 6) is 0. The van der Waals surface area contributed by atoms with E-state index in [1.807, 2.05) is 13.8 Å². The van der Waals surface area contributed by atoms with E-state index in [2.05, 4.69) is 9.97 Å². The SMILES string of the molecule is CC.CS(=O)(=O)c1nc2cc(Cl)ccc2nc1Cl. The van der Waals surface area contributed by atoms with Crippen LogP contribution >= 0.6 is 23.2 Å². The number of hydrogen-bond acceptors (Lipinski definition) is 4. The number of sulfone groups is 1. The molecule has 2 aromatic rings. The van der Waals surface area contributed by atoms with Gasteiger partial charge in [-0.15, -0.1) is 0 Å². The van der Waals surface area contributed by atoms with Gasteiger partial charge in [0.25, 0.3) is 0 Å². The number of hydrogen-bond donors (Lipinski definition) is 0. The predicted octanol–water partition coefficient (Wildman–Crippen LogP) is 3.37. The number of rotatable bonds is 1. The molecule has 0 unspecified atom stereocenters. The molecule has 2 rings (SSSR count). The summed E-state index contributed by atoms with van der Waals surface area (Å²) in [4.78, 5) is 7.89. The third-order valence-electron chi connectivity index (χ3n) is 1.91. The highest BCUT2D eigenvalue weighted by Crippen LogP contribution is 2.22. The van der Waals surface area contributed by atoms with Gasteiger partial charge in [-0.05, 0) is 18.2 Å². The van der Waals surface area contributed by atoms with E-state index in [-0.39, 0.29) is 10.2 Å². The fraction of sp³-hybridized carbons (Fsp3) is 0.273. The van der Waals surface area contributed by atoms with Crippen molar-refractivity contribution in [1.29, 1.82) is 0 Å². The van der Waals surface area contributed by atoms with E-state index >= 15 is 0 Å². The Morgan fingerprint density at radius 1 is 1.06 bits per heavy atom. The van der Waals surface area contributed by atoms with Crippen LogP contribution in [0.1, 0.15) is 13.8 Å². The lowest BCUT2D eigenvalue weighted by molar-refractivity contribution is 0.598. The lowest BCUT2D eigenvalue weighted by Crippen LogP contribution is -2.03. The van der Waals surface area contributed by atoms with Crippen molar-refractivity contribution in [2.45, 2.75) is 18.9 Å². The predicted molar refractivity (Wildman–Crippen MR) is 74.0 cm³/mol. The minimum absolute atomic E-state index is 0.127. The van der Waals surface area contributed by atoms with Crippen LogP contribution in [0, 0.1) is 0 Å². The van der Waals surface area contributed by atoms with Gasteiger partial charge in [-0.25, -0.2) is 18.4 Å². The van der Waals surface area contributed by atoms with Crippen molar-refractivity contribution in [2.75, 3.05) is 6.26 Å². The van der Waals surface area contributed by atoms with E-state index < -0.39 is 9.84 Å². The summed E-state index contributed by atoms with van der Waals surface area (Å²) >= 11 is 11.5. The van der Waals surface area contributed by atoms with Crippen LogP contribution in [0.15, 0.2) is 23.2 Å². The summed E-state index contributed by atoms with van der Waals surface area (Å²) in [6, 6.07) is 4.80. The van der Waals surface area contributed by atoms with E-state index in [0.29, 0.717) is 16.1 Å². The molecule has 1 aromatic heterocycles. The summed E-state index contributed by atoms with van der Waals surface area (Å²) < 4.78 is 22.7. The molecule has 1 heterocycles. The molecule has 0 spiro atoms. The first-order valence-corrected chi connectivity index (χ1v) is 7.85. The number of aromatic nitrogens is 2. The normalized spacial score (nSPS) is 10.9. The summed E-state index contributed by atoms with van der Waals surface area (Å²) in [7, 11) is -3.49. The maximum absolute atomic E-state index is 11.4. The van der Waals surface area contributed by atoms with Gasteiger partial charge in [0.15, 0.2) is 20.0 Å². The molecular formula is C11H12Cl2N2O2S. The van der Waals surface area contributed by atoms with Gasteiger partial charge in [0.05, 0.1) is 11.0 Å². The quantitative estimate of drug-likeness (QED) is 0.810. The van der Waals surface area contributed by atoms with Crippen molar-refractivity contribution in [3.05, 3.63) is 28.4 Å². The summed E-state index contributed by atoms with van der Waals surface area (Å²) in [6.45, 7) is 4.00. The molecule has 18 heavy (non-hydrogen) atoms. The monoisotopic (exact) mass is 306 g/mol. The van der Waals surface area contributed by atoms with Crippen LogP contribution < -0.4 is 0 Å². The Balaban J connectivity index is 0.000000771. The molecule has 7 heteroatoms. The van der Waals surface area contributed by atoms with Gasteiger partial charge in [0.1, 0.15) is 0 Å². The lowest BCUT2D eigenvalue weighted by atomic mass is 10.3. The molecule has 0 aliphatic rings. The summed E-state index contributed by atoms with van der Waals surface area (Å²) in [5.41, 5.74) is 0.902. The van der Waals surface area contributed by atoms with Crippen LogP contribution in [-0.2, 0) is 9.84 Å². The second kappa shape index (κ2) is 5.82. The molecule has 1 aromatic carbocycles. The molecule has 0 saturated carbocycles. The Kier molecular flexibility index (Phi) is 4.90. The molecule has 0 N–H and O–H groups in total. The Morgan fingerprint density at radius 3 is 2.22 bits per heavy atom. The highest BCUT2D eigenvalue weighted by Gasteiger charge is 2.16. The van der Waals surface area contributed by atoms with Crippen molar-refractivity contribution in [1.82, 2.24) is 9.97 Å². The van der Waals surface area contributed by atoms with Gasteiger partial charge in [0.2, 0.25) is 0 Å². The Hall–Kier alpha value is -0.910. The molecule has 98 valence electrons. The van der Waals surface area contributed by atoms with Gasteiger partial charge in [-0.1, -0.05) is 37.0 Å². The molecule has 0 radical (unpaired) electrons. The lowest BCUT2D eigenvalue weighted by Gasteiger charge is -2.03. The van der Waals surface area contributed by atoms with Crippen LogP contribution in [0.25, 0.3) is 11.0 Å². The highest BCUT2D eigenvalue weighted by atomic mass is 35.5. The van der Waals surface area contributed by atoms with Crippen molar-refractivity contribution in [2.24, 2.45) is 0 Å². The van der Waals surface area contributed by atoms with Crippen LogP contribution in [-0.4, -0.2) is 24.6 Å². The van der Waals surface area contributed by atoms with Crippen LogP contribution in [0.2, 0.25) is 10.2 Å². The average Bonchev–Trinajstić information content (AvgIpc) is 2.30. The largest absolute Gasteiger partial charge is 0.232 e. The third kappa shape index (κ3) is 3.31. The Bertz CT molecular complexity index is 672. The summed E-state index contributed by atoms with van der Waals surface area (Å²) in [6.07, 6.45) is 1.03. The first kappa shape index (κ1) is 15.1. The number of benzene rings is 1. The fourth-order valence-electron chi connectivity index (χ4n) is 1.23. The smallest absolute Gasteiger partial charge is 0.195 e. The highest BCUT2D eigenvalue weighted by molar-refractivity contribution is 7.90. The second-order valence-corrected chi connectivity index (χ2v) is 5.95. The summed E-state index contributed by atoms with van der Waals surface area (Å²) in [5, 5.41) is 0.102. The van der Waals surface area contributed by atoms with Crippen molar-refractivity contribution >= 4 is 44.1 Å². The Labute approximate surface area is 116 Å². The molecule has 0 saturated heterocycles. The second-order valence-electron chi connectivity index (χ2n) is 3.22. The van der Waals surface area contributed by atoms with E-state index in [1.54, 1.807) is 12.1 Å². The van der Waals surface area contributed by atoms with E-state index in [9.17, 15) is 8.42 Å². The molecule has 0 amide bonds. The first-order chi connectivity index (χ1) is 8.38. The standard InChI is InChI=1S/C9H6Cl2N2O2S.C2H6/c1-16(14,15)9-8(11)12-6-3-2-5(10)4-7(6)13-9;1-2/h2-4H,1H3;1-2H3. The fourth-order valence-corrected chi connectivity index (χ4v) is 2.56. The maximum atomic E-state index is 11.4. The van der Waals surface area contributed by atoms with E-state index in [1.165, 1.54) is 6.07 Å². The van der Waals surface area contributed by atoms with Crippen molar-refractivity contribution in [3.8, 4) is 0 Å². The zero-order valence-electron chi connectivity index (χ0n) is 10.1.